The van der Waals surface area contributed by atoms with Crippen LogP contribution in [0.25, 0.3) is 0 Å². The first-order valence-electron chi connectivity index (χ1n) is 5.24. The minimum Gasteiger partial charge on any atom is -0.493 e. The molecule has 0 fully saturated rings. The molecular formula is C12H15BrO3. The van der Waals surface area contributed by atoms with E-state index in [9.17, 15) is 4.79 Å². The van der Waals surface area contributed by atoms with E-state index in [1.807, 2.05) is 6.07 Å². The van der Waals surface area contributed by atoms with Crippen LogP contribution in [-0.4, -0.2) is 24.5 Å². The van der Waals surface area contributed by atoms with Crippen molar-refractivity contribution >= 4 is 21.9 Å². The van der Waals surface area contributed by atoms with Crippen LogP contribution < -0.4 is 4.74 Å². The van der Waals surface area contributed by atoms with E-state index in [4.69, 9.17) is 9.47 Å². The number of halogens is 1. The van der Waals surface area contributed by atoms with Crippen LogP contribution in [0.4, 0.5) is 0 Å². The number of hydrogen-bond acceptors (Lipinski definition) is 3. The van der Waals surface area contributed by atoms with Gasteiger partial charge in [0.1, 0.15) is 11.3 Å². The van der Waals surface area contributed by atoms with Gasteiger partial charge in [-0.15, -0.1) is 0 Å². The highest BCUT2D eigenvalue weighted by molar-refractivity contribution is 9.09. The van der Waals surface area contributed by atoms with Gasteiger partial charge < -0.3 is 9.47 Å². The second kappa shape index (κ2) is 7.28. The molecule has 0 aliphatic heterocycles. The fourth-order valence-electron chi connectivity index (χ4n) is 1.21. The molecular weight excluding hydrogens is 272 g/mol. The van der Waals surface area contributed by atoms with E-state index >= 15 is 0 Å². The standard InChI is InChI=1S/C12H15BrO3/c1-2-15-12(14)10-6-3-4-7-11(10)16-9-5-8-13/h3-4,6-7H,2,5,8-9H2,1H3. The number of carbonyl (C=O) groups excluding carboxylic acids is 1. The van der Waals surface area contributed by atoms with E-state index < -0.39 is 0 Å². The molecule has 1 aromatic rings. The molecule has 0 atom stereocenters. The van der Waals surface area contributed by atoms with Crippen molar-refractivity contribution in [1.82, 2.24) is 0 Å². The zero-order chi connectivity index (χ0) is 11.8. The largest absolute Gasteiger partial charge is 0.493 e. The van der Waals surface area contributed by atoms with E-state index in [0.29, 0.717) is 24.5 Å². The molecule has 4 heteroatoms. The average molecular weight is 287 g/mol. The molecule has 0 amide bonds. The Kier molecular flexibility index (Phi) is 5.93. The number of ether oxygens (including phenoxy) is 2. The number of rotatable bonds is 6. The third kappa shape index (κ3) is 3.85. The van der Waals surface area contributed by atoms with Crippen LogP contribution in [0.3, 0.4) is 0 Å². The van der Waals surface area contributed by atoms with E-state index in [2.05, 4.69) is 15.9 Å². The summed E-state index contributed by atoms with van der Waals surface area (Å²) in [6, 6.07) is 7.12. The zero-order valence-electron chi connectivity index (χ0n) is 9.24. The van der Waals surface area contributed by atoms with E-state index in [1.54, 1.807) is 25.1 Å². The minimum absolute atomic E-state index is 0.336. The summed E-state index contributed by atoms with van der Waals surface area (Å²) >= 11 is 3.32. The first-order valence-corrected chi connectivity index (χ1v) is 6.36. The smallest absolute Gasteiger partial charge is 0.341 e. The molecule has 0 spiro atoms. The van der Waals surface area contributed by atoms with Gasteiger partial charge in [0, 0.05) is 5.33 Å². The number of benzene rings is 1. The quantitative estimate of drug-likeness (QED) is 0.458. The molecule has 0 aliphatic rings. The minimum atomic E-state index is -0.336. The third-order valence-corrected chi connectivity index (χ3v) is 2.48. The van der Waals surface area contributed by atoms with Gasteiger partial charge in [0.25, 0.3) is 0 Å². The lowest BCUT2D eigenvalue weighted by molar-refractivity contribution is 0.0521. The molecule has 1 rings (SSSR count). The molecule has 0 aliphatic carbocycles. The van der Waals surface area contributed by atoms with E-state index in [0.717, 1.165) is 11.8 Å². The number of carbonyl (C=O) groups is 1. The van der Waals surface area contributed by atoms with Crippen LogP contribution in [0.15, 0.2) is 24.3 Å². The van der Waals surface area contributed by atoms with Crippen molar-refractivity contribution in [2.24, 2.45) is 0 Å². The summed E-state index contributed by atoms with van der Waals surface area (Å²) in [4.78, 5) is 11.6. The van der Waals surface area contributed by atoms with Gasteiger partial charge in [-0.3, -0.25) is 0 Å². The summed E-state index contributed by atoms with van der Waals surface area (Å²) < 4.78 is 10.5. The lowest BCUT2D eigenvalue weighted by Gasteiger charge is -2.09. The monoisotopic (exact) mass is 286 g/mol. The summed E-state index contributed by atoms with van der Waals surface area (Å²) in [6.45, 7) is 2.74. The molecule has 0 unspecified atom stereocenters. The highest BCUT2D eigenvalue weighted by atomic mass is 79.9. The predicted octanol–water partition coefficient (Wildman–Crippen LogP) is 3.03. The summed E-state index contributed by atoms with van der Waals surface area (Å²) in [5, 5.41) is 0.884. The van der Waals surface area contributed by atoms with E-state index in [1.165, 1.54) is 0 Å². The molecule has 16 heavy (non-hydrogen) atoms. The van der Waals surface area contributed by atoms with Crippen molar-refractivity contribution in [2.75, 3.05) is 18.5 Å². The van der Waals surface area contributed by atoms with Crippen molar-refractivity contribution in [2.45, 2.75) is 13.3 Å². The molecule has 0 N–H and O–H groups in total. The highest BCUT2D eigenvalue weighted by Crippen LogP contribution is 2.19. The normalized spacial score (nSPS) is 9.88. The number of para-hydroxylation sites is 1. The summed E-state index contributed by atoms with van der Waals surface area (Å²) in [7, 11) is 0. The van der Waals surface area contributed by atoms with E-state index in [-0.39, 0.29) is 5.97 Å². The summed E-state index contributed by atoms with van der Waals surface area (Å²) in [6.07, 6.45) is 0.900. The third-order valence-electron chi connectivity index (χ3n) is 1.92. The zero-order valence-corrected chi connectivity index (χ0v) is 10.8. The molecule has 0 bridgehead atoms. The lowest BCUT2D eigenvalue weighted by Crippen LogP contribution is -2.08. The SMILES string of the molecule is CCOC(=O)c1ccccc1OCCCBr. The van der Waals surface area contributed by atoms with Gasteiger partial charge >= 0.3 is 5.97 Å². The van der Waals surface area contributed by atoms with Gasteiger partial charge in [-0.1, -0.05) is 28.1 Å². The number of alkyl halides is 1. The van der Waals surface area contributed by atoms with Crippen molar-refractivity contribution < 1.29 is 14.3 Å². The van der Waals surface area contributed by atoms with Gasteiger partial charge in [-0.2, -0.15) is 0 Å². The molecule has 0 aromatic heterocycles. The van der Waals surface area contributed by atoms with Gasteiger partial charge in [0.2, 0.25) is 0 Å². The molecule has 88 valence electrons. The first-order chi connectivity index (χ1) is 7.79. The van der Waals surface area contributed by atoms with Crippen molar-refractivity contribution in [3.8, 4) is 5.75 Å². The lowest BCUT2D eigenvalue weighted by atomic mass is 10.2. The second-order valence-electron chi connectivity index (χ2n) is 3.11. The maximum Gasteiger partial charge on any atom is 0.341 e. The number of esters is 1. The Morgan fingerprint density at radius 2 is 2.12 bits per heavy atom. The van der Waals surface area contributed by atoms with Gasteiger partial charge in [0.15, 0.2) is 0 Å². The average Bonchev–Trinajstić information content (AvgIpc) is 2.30. The Morgan fingerprint density at radius 3 is 2.81 bits per heavy atom. The van der Waals surface area contributed by atoms with Gasteiger partial charge in [0.05, 0.1) is 13.2 Å². The molecule has 3 nitrogen and oxygen atoms in total. The highest BCUT2D eigenvalue weighted by Gasteiger charge is 2.12. The molecule has 0 radical (unpaired) electrons. The maximum atomic E-state index is 11.6. The maximum absolute atomic E-state index is 11.6. The Hall–Kier alpha value is -1.03. The fraction of sp³-hybridized carbons (Fsp3) is 0.417. The summed E-state index contributed by atoms with van der Waals surface area (Å²) in [5.41, 5.74) is 0.485. The van der Waals surface area contributed by atoms with Gasteiger partial charge in [-0.25, -0.2) is 4.79 Å². The van der Waals surface area contributed by atoms with Crippen molar-refractivity contribution in [3.63, 3.8) is 0 Å². The topological polar surface area (TPSA) is 35.5 Å². The Labute approximate surface area is 104 Å². The second-order valence-corrected chi connectivity index (χ2v) is 3.90. The fourth-order valence-corrected chi connectivity index (χ4v) is 1.44. The Bertz CT molecular complexity index is 339. The number of hydrogen-bond donors (Lipinski definition) is 0. The predicted molar refractivity (Wildman–Crippen MR) is 66.3 cm³/mol. The van der Waals surface area contributed by atoms with Crippen LogP contribution in [0.1, 0.15) is 23.7 Å². The van der Waals surface area contributed by atoms with Gasteiger partial charge in [-0.05, 0) is 25.5 Å². The Morgan fingerprint density at radius 1 is 1.38 bits per heavy atom. The van der Waals surface area contributed by atoms with Crippen LogP contribution in [-0.2, 0) is 4.74 Å². The van der Waals surface area contributed by atoms with Crippen LogP contribution in [0, 0.1) is 0 Å². The van der Waals surface area contributed by atoms with Crippen LogP contribution in [0.5, 0.6) is 5.75 Å². The summed E-state index contributed by atoms with van der Waals surface area (Å²) in [5.74, 6) is 0.249. The molecule has 0 heterocycles. The molecule has 0 saturated carbocycles. The molecule has 0 saturated heterocycles. The van der Waals surface area contributed by atoms with Crippen LogP contribution >= 0.6 is 15.9 Å². The molecule has 1 aromatic carbocycles. The van der Waals surface area contributed by atoms with Crippen molar-refractivity contribution in [3.05, 3.63) is 29.8 Å². The van der Waals surface area contributed by atoms with Crippen LogP contribution in [0.2, 0.25) is 0 Å². The Balaban J connectivity index is 2.71. The first kappa shape index (κ1) is 13.0. The van der Waals surface area contributed by atoms with Crippen molar-refractivity contribution in [1.29, 1.82) is 0 Å².